The molecule has 0 spiro atoms. The second-order valence-corrected chi connectivity index (χ2v) is 2.65. The molecule has 0 aliphatic carbocycles. The molecule has 1 aromatic rings. The third-order valence-corrected chi connectivity index (χ3v) is 1.89. The molecule has 0 radical (unpaired) electrons. The molecule has 6 heteroatoms. The topological polar surface area (TPSA) is 67.2 Å². The smallest absolute Gasteiger partial charge is 0.165 e. The van der Waals surface area contributed by atoms with E-state index < -0.39 is 5.82 Å². The van der Waals surface area contributed by atoms with Gasteiger partial charge in [0.2, 0.25) is 0 Å². The summed E-state index contributed by atoms with van der Waals surface area (Å²) in [4.78, 5) is 2.60. The summed E-state index contributed by atoms with van der Waals surface area (Å²) < 4.78 is 23.2. The van der Waals surface area contributed by atoms with Crippen LogP contribution >= 0.6 is 0 Å². The van der Waals surface area contributed by atoms with Crippen LogP contribution < -0.4 is 9.47 Å². The lowest BCUT2D eigenvalue weighted by molar-refractivity contribution is 0.366. The number of ether oxygens (including phenoxy) is 2. The molecule has 5 nitrogen and oxygen atoms in total. The second kappa shape index (κ2) is 5.07. The van der Waals surface area contributed by atoms with Crippen molar-refractivity contribution in [3.05, 3.63) is 34.0 Å². The van der Waals surface area contributed by atoms with Crippen molar-refractivity contribution in [3.63, 3.8) is 0 Å². The number of azide groups is 1. The Morgan fingerprint density at radius 3 is 2.67 bits per heavy atom. The molecule has 0 saturated carbocycles. The lowest BCUT2D eigenvalue weighted by Gasteiger charge is -2.11. The van der Waals surface area contributed by atoms with Crippen LogP contribution in [0.2, 0.25) is 0 Å². The van der Waals surface area contributed by atoms with E-state index in [-0.39, 0.29) is 12.3 Å². The van der Waals surface area contributed by atoms with Gasteiger partial charge in [0.1, 0.15) is 5.75 Å². The van der Waals surface area contributed by atoms with Crippen molar-refractivity contribution in [1.82, 2.24) is 0 Å². The third kappa shape index (κ3) is 2.30. The third-order valence-electron chi connectivity index (χ3n) is 1.89. The molecular weight excluding hydrogens is 201 g/mol. The first kappa shape index (κ1) is 11.1. The monoisotopic (exact) mass is 211 g/mol. The molecule has 0 saturated heterocycles. The normalized spacial score (nSPS) is 9.27. The number of nitrogens with zero attached hydrogens (tertiary/aromatic N) is 3. The molecule has 0 aliphatic rings. The van der Waals surface area contributed by atoms with Gasteiger partial charge in [-0.05, 0) is 17.7 Å². The summed E-state index contributed by atoms with van der Waals surface area (Å²) >= 11 is 0. The zero-order chi connectivity index (χ0) is 11.3. The molecule has 15 heavy (non-hydrogen) atoms. The SMILES string of the molecule is COc1ccc(F)c(OC)c1CN=[N+]=[N-]. The van der Waals surface area contributed by atoms with E-state index in [1.165, 1.54) is 26.4 Å². The van der Waals surface area contributed by atoms with E-state index in [0.717, 1.165) is 0 Å². The zero-order valence-electron chi connectivity index (χ0n) is 8.40. The fourth-order valence-electron chi connectivity index (χ4n) is 1.25. The van der Waals surface area contributed by atoms with Crippen molar-refractivity contribution in [3.8, 4) is 11.5 Å². The van der Waals surface area contributed by atoms with Crippen LogP contribution in [-0.2, 0) is 6.54 Å². The van der Waals surface area contributed by atoms with Gasteiger partial charge in [-0.25, -0.2) is 4.39 Å². The van der Waals surface area contributed by atoms with Crippen molar-refractivity contribution in [1.29, 1.82) is 0 Å². The van der Waals surface area contributed by atoms with Crippen molar-refractivity contribution >= 4 is 0 Å². The fourth-order valence-corrected chi connectivity index (χ4v) is 1.25. The van der Waals surface area contributed by atoms with Crippen LogP contribution in [0, 0.1) is 5.82 Å². The van der Waals surface area contributed by atoms with Gasteiger partial charge in [0.05, 0.1) is 20.8 Å². The van der Waals surface area contributed by atoms with Gasteiger partial charge in [-0.2, -0.15) is 0 Å². The van der Waals surface area contributed by atoms with Gasteiger partial charge in [0, 0.05) is 10.5 Å². The maximum atomic E-state index is 13.3. The Balaban J connectivity index is 3.26. The molecule has 1 aromatic carbocycles. The van der Waals surface area contributed by atoms with E-state index >= 15 is 0 Å². The molecule has 0 amide bonds. The fraction of sp³-hybridized carbons (Fsp3) is 0.333. The lowest BCUT2D eigenvalue weighted by Crippen LogP contribution is -1.98. The highest BCUT2D eigenvalue weighted by atomic mass is 19.1. The number of halogens is 1. The van der Waals surface area contributed by atoms with Gasteiger partial charge < -0.3 is 9.47 Å². The summed E-state index contributed by atoms with van der Waals surface area (Å²) in [5.74, 6) is -0.0381. The van der Waals surface area contributed by atoms with Crippen molar-refractivity contribution < 1.29 is 13.9 Å². The Morgan fingerprint density at radius 2 is 2.13 bits per heavy atom. The molecule has 80 valence electrons. The molecule has 0 atom stereocenters. The summed E-state index contributed by atoms with van der Waals surface area (Å²) in [5, 5.41) is 3.35. The highest BCUT2D eigenvalue weighted by Crippen LogP contribution is 2.31. The number of methoxy groups -OCH3 is 2. The van der Waals surface area contributed by atoms with Crippen LogP contribution in [0.1, 0.15) is 5.56 Å². The van der Waals surface area contributed by atoms with Crippen LogP contribution in [-0.4, -0.2) is 14.2 Å². The molecule has 0 bridgehead atoms. The number of hydrogen-bond donors (Lipinski definition) is 0. The number of rotatable bonds is 4. The largest absolute Gasteiger partial charge is 0.496 e. The quantitative estimate of drug-likeness (QED) is 0.436. The maximum absolute atomic E-state index is 13.3. The first-order chi connectivity index (χ1) is 7.24. The van der Waals surface area contributed by atoms with Crippen molar-refractivity contribution in [2.45, 2.75) is 6.54 Å². The van der Waals surface area contributed by atoms with Crippen molar-refractivity contribution in [2.24, 2.45) is 5.11 Å². The minimum atomic E-state index is -0.513. The summed E-state index contributed by atoms with van der Waals surface area (Å²) in [6.45, 7) is -0.0133. The van der Waals surface area contributed by atoms with Gasteiger partial charge in [0.25, 0.3) is 0 Å². The van der Waals surface area contributed by atoms with E-state index in [4.69, 9.17) is 15.0 Å². The summed E-state index contributed by atoms with van der Waals surface area (Å²) in [6.07, 6.45) is 0. The minimum absolute atomic E-state index is 0.0133. The molecule has 0 heterocycles. The van der Waals surface area contributed by atoms with Crippen LogP contribution in [0.5, 0.6) is 11.5 Å². The molecule has 0 N–H and O–H groups in total. The summed E-state index contributed by atoms with van der Waals surface area (Å²) in [5.41, 5.74) is 8.61. The number of benzene rings is 1. The molecule has 0 aliphatic heterocycles. The first-order valence-corrected chi connectivity index (χ1v) is 4.14. The van der Waals surface area contributed by atoms with Crippen molar-refractivity contribution in [2.75, 3.05) is 14.2 Å². The highest BCUT2D eigenvalue weighted by Gasteiger charge is 2.13. The lowest BCUT2D eigenvalue weighted by atomic mass is 10.1. The molecular formula is C9H10FN3O2. The molecule has 0 fully saturated rings. The number of hydrogen-bond acceptors (Lipinski definition) is 3. The Morgan fingerprint density at radius 1 is 1.40 bits per heavy atom. The van der Waals surface area contributed by atoms with Crippen LogP contribution in [0.4, 0.5) is 4.39 Å². The Labute approximate surface area is 86.1 Å². The first-order valence-electron chi connectivity index (χ1n) is 4.14. The van der Waals surface area contributed by atoms with E-state index in [0.29, 0.717) is 11.3 Å². The summed E-state index contributed by atoms with van der Waals surface area (Å²) in [6, 6.07) is 2.69. The molecule has 0 unspecified atom stereocenters. The standard InChI is InChI=1S/C9H10FN3O2/c1-14-8-4-3-7(10)9(15-2)6(8)5-12-13-11/h3-4H,5H2,1-2H3. The average molecular weight is 211 g/mol. The van der Waals surface area contributed by atoms with E-state index in [1.54, 1.807) is 0 Å². The maximum Gasteiger partial charge on any atom is 0.165 e. The van der Waals surface area contributed by atoms with Gasteiger partial charge >= 0.3 is 0 Å². The van der Waals surface area contributed by atoms with Gasteiger partial charge in [-0.3, -0.25) is 0 Å². The Hall–Kier alpha value is -1.94. The minimum Gasteiger partial charge on any atom is -0.496 e. The van der Waals surface area contributed by atoms with E-state index in [9.17, 15) is 4.39 Å². The highest BCUT2D eigenvalue weighted by molar-refractivity contribution is 5.45. The average Bonchev–Trinajstić information content (AvgIpc) is 2.26. The van der Waals surface area contributed by atoms with Crippen LogP contribution in [0.15, 0.2) is 17.2 Å². The predicted octanol–water partition coefficient (Wildman–Crippen LogP) is 2.65. The van der Waals surface area contributed by atoms with Gasteiger partial charge in [0.15, 0.2) is 11.6 Å². The molecule has 1 rings (SSSR count). The zero-order valence-corrected chi connectivity index (χ0v) is 8.40. The summed E-state index contributed by atoms with van der Waals surface area (Å²) in [7, 11) is 2.80. The van der Waals surface area contributed by atoms with Crippen LogP contribution in [0.25, 0.3) is 10.4 Å². The second-order valence-electron chi connectivity index (χ2n) is 2.65. The van der Waals surface area contributed by atoms with Crippen LogP contribution in [0.3, 0.4) is 0 Å². The van der Waals surface area contributed by atoms with E-state index in [1.807, 2.05) is 0 Å². The van der Waals surface area contributed by atoms with E-state index in [2.05, 4.69) is 10.0 Å². The predicted molar refractivity (Wildman–Crippen MR) is 52.4 cm³/mol. The van der Waals surface area contributed by atoms with Gasteiger partial charge in [-0.1, -0.05) is 5.11 Å². The van der Waals surface area contributed by atoms with Gasteiger partial charge in [-0.15, -0.1) is 0 Å². The Kier molecular flexibility index (Phi) is 3.76. The Bertz CT molecular complexity index is 403. The molecule has 0 aromatic heterocycles.